The number of nitrogens with one attached hydrogen (secondary N) is 1. The van der Waals surface area contributed by atoms with Crippen LogP contribution in [0, 0.1) is 0 Å². The van der Waals surface area contributed by atoms with E-state index in [-0.39, 0.29) is 17.9 Å². The van der Waals surface area contributed by atoms with E-state index in [1.807, 2.05) is 51.1 Å². The van der Waals surface area contributed by atoms with Crippen molar-refractivity contribution in [1.82, 2.24) is 5.32 Å². The first-order valence-electron chi connectivity index (χ1n) is 5.51. The van der Waals surface area contributed by atoms with Crippen molar-refractivity contribution in [3.8, 4) is 0 Å². The molecular formula is C13H18ClNO. The lowest BCUT2D eigenvalue weighted by atomic mass is 9.97. The number of rotatable bonds is 4. The highest BCUT2D eigenvalue weighted by Crippen LogP contribution is 2.23. The molecule has 3 heteroatoms. The van der Waals surface area contributed by atoms with Crippen LogP contribution in [0.1, 0.15) is 32.3 Å². The molecule has 0 heterocycles. The van der Waals surface area contributed by atoms with Gasteiger partial charge >= 0.3 is 0 Å². The van der Waals surface area contributed by atoms with Crippen molar-refractivity contribution < 1.29 is 4.79 Å². The third-order valence-electron chi connectivity index (χ3n) is 2.45. The van der Waals surface area contributed by atoms with Gasteiger partial charge in [0.25, 0.3) is 0 Å². The molecule has 1 aromatic carbocycles. The summed E-state index contributed by atoms with van der Waals surface area (Å²) in [4.78, 5) is 11.7. The van der Waals surface area contributed by atoms with E-state index in [0.29, 0.717) is 0 Å². The lowest BCUT2D eigenvalue weighted by Gasteiger charge is -2.19. The summed E-state index contributed by atoms with van der Waals surface area (Å²) in [5, 5.41) is 2.30. The summed E-state index contributed by atoms with van der Waals surface area (Å²) in [6, 6.07) is 9.96. The first-order chi connectivity index (χ1) is 7.52. The summed E-state index contributed by atoms with van der Waals surface area (Å²) in [6.07, 6.45) is 0. The molecule has 88 valence electrons. The molecule has 0 bridgehead atoms. The number of hydrogen-bond acceptors (Lipinski definition) is 1. The first-order valence-corrected chi connectivity index (χ1v) is 5.95. The van der Waals surface area contributed by atoms with Crippen molar-refractivity contribution in [3.05, 3.63) is 35.9 Å². The molecule has 0 aromatic heterocycles. The molecular weight excluding hydrogens is 222 g/mol. The number of hydrogen-bond donors (Lipinski definition) is 1. The Bertz CT molecular complexity index is 337. The topological polar surface area (TPSA) is 29.1 Å². The molecule has 0 spiro atoms. The van der Waals surface area contributed by atoms with Crippen molar-refractivity contribution in [3.63, 3.8) is 0 Å². The van der Waals surface area contributed by atoms with Crippen LogP contribution in [0.3, 0.4) is 0 Å². The summed E-state index contributed by atoms with van der Waals surface area (Å²) in [5.74, 6) is -0.0883. The van der Waals surface area contributed by atoms with Crippen LogP contribution in [0.15, 0.2) is 30.3 Å². The lowest BCUT2D eigenvalue weighted by molar-refractivity contribution is -0.121. The summed E-state index contributed by atoms with van der Waals surface area (Å²) >= 11 is 6.15. The fourth-order valence-corrected chi connectivity index (χ4v) is 1.73. The van der Waals surface area contributed by atoms with Crippen LogP contribution in [0.5, 0.6) is 0 Å². The van der Waals surface area contributed by atoms with Crippen LogP contribution in [-0.2, 0) is 4.79 Å². The van der Waals surface area contributed by atoms with Crippen molar-refractivity contribution in [1.29, 1.82) is 0 Å². The minimum absolute atomic E-state index is 0.0154. The molecule has 16 heavy (non-hydrogen) atoms. The highest BCUT2D eigenvalue weighted by Gasteiger charge is 2.23. The lowest BCUT2D eigenvalue weighted by Crippen LogP contribution is -2.38. The average molecular weight is 240 g/mol. The van der Waals surface area contributed by atoms with Gasteiger partial charge in [0.1, 0.15) is 5.38 Å². The summed E-state index contributed by atoms with van der Waals surface area (Å²) in [6.45, 7) is 5.82. The number of carbonyl (C=O) groups excluding carboxylic acids is 1. The third-order valence-corrected chi connectivity index (χ3v) is 3.02. The highest BCUT2D eigenvalue weighted by atomic mass is 35.5. The van der Waals surface area contributed by atoms with Gasteiger partial charge in [-0.05, 0) is 19.4 Å². The largest absolute Gasteiger partial charge is 0.353 e. The van der Waals surface area contributed by atoms with Crippen molar-refractivity contribution in [2.24, 2.45) is 0 Å². The highest BCUT2D eigenvalue weighted by molar-refractivity contribution is 6.31. The number of benzene rings is 1. The van der Waals surface area contributed by atoms with E-state index >= 15 is 0 Å². The van der Waals surface area contributed by atoms with Gasteiger partial charge in [-0.3, -0.25) is 4.79 Å². The summed E-state index contributed by atoms with van der Waals surface area (Å²) in [5.41, 5.74) is 1.08. The monoisotopic (exact) mass is 239 g/mol. The molecule has 0 aliphatic rings. The van der Waals surface area contributed by atoms with E-state index in [1.165, 1.54) is 0 Å². The maximum Gasteiger partial charge on any atom is 0.238 e. The van der Waals surface area contributed by atoms with Gasteiger partial charge in [-0.1, -0.05) is 37.3 Å². The van der Waals surface area contributed by atoms with E-state index in [4.69, 9.17) is 11.6 Å². The Kier molecular flexibility index (Phi) is 4.81. The van der Waals surface area contributed by atoms with Crippen molar-refractivity contribution in [2.75, 3.05) is 0 Å². The Hall–Kier alpha value is -1.02. The molecule has 1 amide bonds. The Balaban J connectivity index is 2.67. The number of carbonyl (C=O) groups is 1. The van der Waals surface area contributed by atoms with Crippen LogP contribution in [0.25, 0.3) is 0 Å². The van der Waals surface area contributed by atoms with Crippen molar-refractivity contribution >= 4 is 17.5 Å². The van der Waals surface area contributed by atoms with E-state index < -0.39 is 5.38 Å². The first kappa shape index (κ1) is 13.0. The molecule has 0 aliphatic heterocycles. The van der Waals surface area contributed by atoms with Gasteiger partial charge in [-0.25, -0.2) is 0 Å². The van der Waals surface area contributed by atoms with Gasteiger partial charge < -0.3 is 5.32 Å². The fraction of sp³-hybridized carbons (Fsp3) is 0.462. The second kappa shape index (κ2) is 5.90. The molecule has 2 unspecified atom stereocenters. The van der Waals surface area contributed by atoms with Crippen molar-refractivity contribution in [2.45, 2.75) is 38.1 Å². The molecule has 1 N–H and O–H groups in total. The molecule has 2 atom stereocenters. The minimum Gasteiger partial charge on any atom is -0.353 e. The molecule has 0 saturated carbocycles. The average Bonchev–Trinajstić information content (AvgIpc) is 2.27. The number of halogens is 1. The van der Waals surface area contributed by atoms with Gasteiger partial charge in [-0.15, -0.1) is 11.6 Å². The van der Waals surface area contributed by atoms with E-state index in [0.717, 1.165) is 5.56 Å². The predicted molar refractivity (Wildman–Crippen MR) is 67.8 cm³/mol. The third kappa shape index (κ3) is 3.53. The zero-order valence-electron chi connectivity index (χ0n) is 9.91. The minimum atomic E-state index is -0.523. The Morgan fingerprint density at radius 2 is 1.75 bits per heavy atom. The number of amides is 1. The van der Waals surface area contributed by atoms with Gasteiger partial charge in [0.2, 0.25) is 5.91 Å². The Morgan fingerprint density at radius 1 is 1.19 bits per heavy atom. The van der Waals surface area contributed by atoms with Crippen LogP contribution >= 0.6 is 11.6 Å². The zero-order chi connectivity index (χ0) is 12.1. The van der Waals surface area contributed by atoms with Crippen LogP contribution in [-0.4, -0.2) is 17.3 Å². The molecule has 0 radical (unpaired) electrons. The molecule has 0 fully saturated rings. The van der Waals surface area contributed by atoms with Crippen LogP contribution in [0.2, 0.25) is 0 Å². The SMILES string of the molecule is CC(C)NC(=O)C(Cl)C(C)c1ccccc1. The molecule has 0 aliphatic carbocycles. The smallest absolute Gasteiger partial charge is 0.238 e. The second-order valence-corrected chi connectivity index (χ2v) is 4.73. The van der Waals surface area contributed by atoms with E-state index in [9.17, 15) is 4.79 Å². The molecule has 0 saturated heterocycles. The zero-order valence-corrected chi connectivity index (χ0v) is 10.7. The molecule has 1 rings (SSSR count). The van der Waals surface area contributed by atoms with Gasteiger partial charge in [-0.2, -0.15) is 0 Å². The van der Waals surface area contributed by atoms with E-state index in [1.54, 1.807) is 0 Å². The van der Waals surface area contributed by atoms with Crippen LogP contribution in [0.4, 0.5) is 0 Å². The quantitative estimate of drug-likeness (QED) is 0.805. The summed E-state index contributed by atoms with van der Waals surface area (Å²) in [7, 11) is 0. The standard InChI is InChI=1S/C13H18ClNO/c1-9(2)15-13(16)12(14)10(3)11-7-5-4-6-8-11/h4-10,12H,1-3H3,(H,15,16). The summed E-state index contributed by atoms with van der Waals surface area (Å²) < 4.78 is 0. The fourth-order valence-electron chi connectivity index (χ4n) is 1.52. The van der Waals surface area contributed by atoms with Gasteiger partial charge in [0.05, 0.1) is 0 Å². The predicted octanol–water partition coefficient (Wildman–Crippen LogP) is 2.92. The molecule has 1 aromatic rings. The van der Waals surface area contributed by atoms with E-state index in [2.05, 4.69) is 5.32 Å². The maximum atomic E-state index is 11.7. The van der Waals surface area contributed by atoms with Gasteiger partial charge in [0, 0.05) is 12.0 Å². The second-order valence-electron chi connectivity index (χ2n) is 4.26. The molecule has 2 nitrogen and oxygen atoms in total. The Morgan fingerprint density at radius 3 is 2.25 bits per heavy atom. The normalized spacial score (nSPS) is 14.6. The van der Waals surface area contributed by atoms with Crippen LogP contribution < -0.4 is 5.32 Å². The maximum absolute atomic E-state index is 11.7. The number of alkyl halides is 1. The Labute approximate surface area is 102 Å². The van der Waals surface area contributed by atoms with Gasteiger partial charge in [0.15, 0.2) is 0 Å².